The molecule has 0 radical (unpaired) electrons. The summed E-state index contributed by atoms with van der Waals surface area (Å²) in [5.74, 6) is 1.39. The van der Waals surface area contributed by atoms with Crippen molar-refractivity contribution in [2.45, 2.75) is 6.61 Å². The molecule has 8 heteroatoms. The Hall–Kier alpha value is -4.53. The van der Waals surface area contributed by atoms with Gasteiger partial charge in [-0.25, -0.2) is 4.98 Å². The smallest absolute Gasteiger partial charge is 0.282 e. The number of rotatable bonds is 6. The quantitative estimate of drug-likeness (QED) is 0.165. The Morgan fingerprint density at radius 3 is 2.43 bits per heavy atom. The summed E-state index contributed by atoms with van der Waals surface area (Å²) in [6, 6.07) is 34.8. The first kappa shape index (κ1) is 26.4. The highest BCUT2D eigenvalue weighted by molar-refractivity contribution is 9.10. The molecule has 0 aliphatic heterocycles. The van der Waals surface area contributed by atoms with Crippen LogP contribution in [-0.2, 0) is 6.61 Å². The number of hydrogen-bond acceptors (Lipinski definition) is 5. The van der Waals surface area contributed by atoms with Gasteiger partial charge in [0.2, 0.25) is 5.82 Å². The van der Waals surface area contributed by atoms with Crippen LogP contribution in [0.15, 0.2) is 132 Å². The van der Waals surface area contributed by atoms with Gasteiger partial charge in [0.05, 0.1) is 17.1 Å². The van der Waals surface area contributed by atoms with E-state index in [1.807, 2.05) is 103 Å². The molecule has 0 unspecified atom stereocenters. The van der Waals surface area contributed by atoms with Crippen LogP contribution in [0.2, 0.25) is 0 Å². The first-order valence-electron chi connectivity index (χ1n) is 13.2. The molecule has 42 heavy (non-hydrogen) atoms. The molecule has 0 saturated carbocycles. The Kier molecular flexibility index (Phi) is 6.93. The topological polar surface area (TPSA) is 69.6 Å². The van der Waals surface area contributed by atoms with E-state index in [1.165, 1.54) is 4.68 Å². The lowest BCUT2D eigenvalue weighted by molar-refractivity contribution is 0.306. The highest BCUT2D eigenvalue weighted by Crippen LogP contribution is 2.30. The van der Waals surface area contributed by atoms with E-state index in [9.17, 15) is 4.79 Å². The maximum Gasteiger partial charge on any atom is 0.282 e. The molecule has 7 rings (SSSR count). The lowest BCUT2D eigenvalue weighted by Crippen LogP contribution is -2.20. The average Bonchev–Trinajstić information content (AvgIpc) is 3.43. The molecule has 0 amide bonds. The molecule has 0 fully saturated rings. The number of furan rings is 1. The normalized spacial score (nSPS) is 11.7. The van der Waals surface area contributed by atoms with Crippen molar-refractivity contribution in [2.24, 2.45) is 5.10 Å². The summed E-state index contributed by atoms with van der Waals surface area (Å²) in [7, 11) is 0. The van der Waals surface area contributed by atoms with Crippen LogP contribution in [0, 0.1) is 0 Å². The van der Waals surface area contributed by atoms with Crippen LogP contribution in [0.4, 0.5) is 0 Å². The van der Waals surface area contributed by atoms with Crippen molar-refractivity contribution in [2.75, 3.05) is 0 Å². The van der Waals surface area contributed by atoms with Crippen LogP contribution in [0.1, 0.15) is 11.1 Å². The number of aromatic nitrogens is 2. The van der Waals surface area contributed by atoms with Crippen LogP contribution >= 0.6 is 31.9 Å². The Balaban J connectivity index is 1.38. The number of nitrogens with zero attached hydrogens (tertiary/aromatic N) is 3. The first-order chi connectivity index (χ1) is 20.5. The molecule has 5 aromatic carbocycles. The van der Waals surface area contributed by atoms with Gasteiger partial charge in [-0.2, -0.15) is 9.78 Å². The van der Waals surface area contributed by atoms with Gasteiger partial charge in [-0.05, 0) is 70.9 Å². The zero-order valence-electron chi connectivity index (χ0n) is 22.0. The zero-order chi connectivity index (χ0) is 28.6. The van der Waals surface area contributed by atoms with Gasteiger partial charge in [-0.15, -0.1) is 0 Å². The second-order valence-corrected chi connectivity index (χ2v) is 11.6. The Labute approximate surface area is 257 Å². The summed E-state index contributed by atoms with van der Waals surface area (Å²) in [5, 5.41) is 8.05. The maximum atomic E-state index is 13.8. The van der Waals surface area contributed by atoms with Crippen LogP contribution in [0.3, 0.4) is 0 Å². The molecule has 2 aromatic heterocycles. The van der Waals surface area contributed by atoms with E-state index in [4.69, 9.17) is 19.2 Å². The van der Waals surface area contributed by atoms with Gasteiger partial charge < -0.3 is 9.15 Å². The minimum absolute atomic E-state index is 0.300. The third-order valence-corrected chi connectivity index (χ3v) is 8.02. The Morgan fingerprint density at radius 1 is 0.810 bits per heavy atom. The van der Waals surface area contributed by atoms with Crippen molar-refractivity contribution in [3.05, 3.63) is 140 Å². The summed E-state index contributed by atoms with van der Waals surface area (Å²) in [5.41, 5.74) is 2.73. The standard InChI is InChI=1S/C34H21Br2N3O3/c35-24-12-9-21(10-13-24)20-41-31-15-11-22-5-1-2-6-26(22)28(31)19-37-39-33(38-29-8-4-3-7-27(29)34(39)40)32-18-23-17-25(36)14-16-30(23)42-32/h1-19H,20H2. The molecule has 0 atom stereocenters. The minimum atomic E-state index is -0.300. The molecular weight excluding hydrogens is 658 g/mol. The van der Waals surface area contributed by atoms with Crippen LogP contribution in [0.5, 0.6) is 5.75 Å². The predicted octanol–water partition coefficient (Wildman–Crippen LogP) is 8.95. The van der Waals surface area contributed by atoms with Crippen molar-refractivity contribution in [3.63, 3.8) is 0 Å². The molecule has 0 bridgehead atoms. The van der Waals surface area contributed by atoms with Crippen LogP contribution in [-0.4, -0.2) is 15.9 Å². The van der Waals surface area contributed by atoms with E-state index >= 15 is 0 Å². The molecule has 0 N–H and O–H groups in total. The zero-order valence-corrected chi connectivity index (χ0v) is 25.2. The maximum absolute atomic E-state index is 13.8. The van der Waals surface area contributed by atoms with Gasteiger partial charge in [0.25, 0.3) is 5.56 Å². The largest absolute Gasteiger partial charge is 0.488 e. The summed E-state index contributed by atoms with van der Waals surface area (Å²) >= 11 is 6.99. The van der Waals surface area contributed by atoms with E-state index in [2.05, 4.69) is 31.9 Å². The summed E-state index contributed by atoms with van der Waals surface area (Å²) < 4.78 is 15.7. The number of fused-ring (bicyclic) bond motifs is 3. The van der Waals surface area contributed by atoms with Gasteiger partial charge in [0.15, 0.2) is 5.76 Å². The monoisotopic (exact) mass is 677 g/mol. The third-order valence-electron chi connectivity index (χ3n) is 6.99. The summed E-state index contributed by atoms with van der Waals surface area (Å²) in [4.78, 5) is 18.6. The van der Waals surface area contributed by atoms with Crippen molar-refractivity contribution >= 4 is 70.7 Å². The van der Waals surface area contributed by atoms with Crippen molar-refractivity contribution < 1.29 is 9.15 Å². The molecule has 6 nitrogen and oxygen atoms in total. The fourth-order valence-corrected chi connectivity index (χ4v) is 5.55. The highest BCUT2D eigenvalue weighted by atomic mass is 79.9. The van der Waals surface area contributed by atoms with Crippen molar-refractivity contribution in [3.8, 4) is 17.3 Å². The number of para-hydroxylation sites is 1. The van der Waals surface area contributed by atoms with Gasteiger partial charge in [0.1, 0.15) is 17.9 Å². The van der Waals surface area contributed by atoms with Crippen molar-refractivity contribution in [1.29, 1.82) is 0 Å². The lowest BCUT2D eigenvalue weighted by Gasteiger charge is -2.13. The molecule has 7 aromatic rings. The van der Waals surface area contributed by atoms with E-state index in [1.54, 1.807) is 12.3 Å². The number of hydrogen-bond donors (Lipinski definition) is 0. The number of benzene rings is 5. The van der Waals surface area contributed by atoms with E-state index in [-0.39, 0.29) is 5.56 Å². The molecule has 0 aliphatic carbocycles. The first-order valence-corrected chi connectivity index (χ1v) is 14.8. The second kappa shape index (κ2) is 11.0. The van der Waals surface area contributed by atoms with Gasteiger partial charge >= 0.3 is 0 Å². The molecular formula is C34H21Br2N3O3. The molecule has 0 spiro atoms. The summed E-state index contributed by atoms with van der Waals surface area (Å²) in [6.07, 6.45) is 1.67. The predicted molar refractivity (Wildman–Crippen MR) is 174 cm³/mol. The highest BCUT2D eigenvalue weighted by Gasteiger charge is 2.17. The van der Waals surface area contributed by atoms with Crippen molar-refractivity contribution in [1.82, 2.24) is 9.66 Å². The minimum Gasteiger partial charge on any atom is -0.488 e. The Morgan fingerprint density at radius 2 is 1.57 bits per heavy atom. The van der Waals surface area contributed by atoms with E-state index in [0.717, 1.165) is 36.2 Å². The fourth-order valence-electron chi connectivity index (χ4n) is 4.91. The van der Waals surface area contributed by atoms with Gasteiger partial charge in [-0.3, -0.25) is 4.79 Å². The SMILES string of the molecule is O=c1c2ccccc2nc(-c2cc3cc(Br)ccc3o2)n1N=Cc1c(OCc2ccc(Br)cc2)ccc2ccccc12. The van der Waals surface area contributed by atoms with Gasteiger partial charge in [0, 0.05) is 19.9 Å². The number of ether oxygens (including phenoxy) is 1. The summed E-state index contributed by atoms with van der Waals surface area (Å²) in [6.45, 7) is 0.379. The second-order valence-electron chi connectivity index (χ2n) is 9.72. The average molecular weight is 679 g/mol. The van der Waals surface area contributed by atoms with Gasteiger partial charge in [-0.1, -0.05) is 86.5 Å². The number of halogens is 2. The Bertz CT molecular complexity index is 2200. The third kappa shape index (κ3) is 5.04. The van der Waals surface area contributed by atoms with E-state index < -0.39 is 0 Å². The molecule has 0 aliphatic rings. The molecule has 204 valence electrons. The van der Waals surface area contributed by atoms with E-state index in [0.29, 0.717) is 40.4 Å². The van der Waals surface area contributed by atoms with Crippen LogP contribution in [0.25, 0.3) is 44.2 Å². The molecule has 0 saturated heterocycles. The molecule has 2 heterocycles. The lowest BCUT2D eigenvalue weighted by atomic mass is 10.0. The van der Waals surface area contributed by atoms with Crippen LogP contribution < -0.4 is 10.3 Å². The fraction of sp³-hybridized carbons (Fsp3) is 0.0294.